The molecule has 0 aliphatic carbocycles. The van der Waals surface area contributed by atoms with Gasteiger partial charge in [-0.25, -0.2) is 0 Å². The second-order valence-corrected chi connectivity index (χ2v) is 6.07. The summed E-state index contributed by atoms with van der Waals surface area (Å²) in [5.74, 6) is -0.124. The fourth-order valence-electron chi connectivity index (χ4n) is 2.26. The molecule has 9 heteroatoms. The van der Waals surface area contributed by atoms with Crippen molar-refractivity contribution in [1.82, 2.24) is 0 Å². The molecule has 0 aromatic heterocycles. The minimum atomic E-state index is -0.679. The average Bonchev–Trinajstić information content (AvgIpc) is 3.08. The number of hydrogen-bond acceptors (Lipinski definition) is 6. The SMILES string of the molecule is N#CC(=Cc1cc2c(cc1[N+](=O)[O-])OCO2)C(=O)Nc1ccc(Br)cc1. The Morgan fingerprint density at radius 1 is 1.27 bits per heavy atom. The van der Waals surface area contributed by atoms with Gasteiger partial charge in [0.05, 0.1) is 16.6 Å². The van der Waals surface area contributed by atoms with E-state index in [2.05, 4.69) is 21.2 Å². The van der Waals surface area contributed by atoms with Crippen LogP contribution in [0.15, 0.2) is 46.4 Å². The molecule has 0 saturated heterocycles. The van der Waals surface area contributed by atoms with E-state index < -0.39 is 10.8 Å². The fraction of sp³-hybridized carbons (Fsp3) is 0.0588. The molecule has 0 saturated carbocycles. The molecule has 0 fully saturated rings. The molecule has 3 rings (SSSR count). The standard InChI is InChI=1S/C17H10BrN3O5/c18-12-1-3-13(4-2-12)20-17(22)11(8-19)5-10-6-15-16(26-9-25-15)7-14(10)21(23)24/h1-7H,9H2,(H,20,22). The van der Waals surface area contributed by atoms with Crippen LogP contribution in [0.4, 0.5) is 11.4 Å². The monoisotopic (exact) mass is 415 g/mol. The highest BCUT2D eigenvalue weighted by Crippen LogP contribution is 2.38. The third kappa shape index (κ3) is 3.65. The van der Waals surface area contributed by atoms with E-state index in [0.717, 1.165) is 10.5 Å². The molecule has 130 valence electrons. The third-order valence-electron chi connectivity index (χ3n) is 3.49. The Morgan fingerprint density at radius 2 is 1.92 bits per heavy atom. The molecule has 0 spiro atoms. The Morgan fingerprint density at radius 3 is 2.54 bits per heavy atom. The molecule has 0 unspecified atom stereocenters. The maximum atomic E-state index is 12.3. The van der Waals surface area contributed by atoms with Gasteiger partial charge in [0.25, 0.3) is 11.6 Å². The second-order valence-electron chi connectivity index (χ2n) is 5.15. The first-order valence-electron chi connectivity index (χ1n) is 7.24. The number of amides is 1. The van der Waals surface area contributed by atoms with E-state index in [-0.39, 0.29) is 29.4 Å². The van der Waals surface area contributed by atoms with Crippen LogP contribution in [0.1, 0.15) is 5.56 Å². The summed E-state index contributed by atoms with van der Waals surface area (Å²) in [4.78, 5) is 23.0. The number of fused-ring (bicyclic) bond motifs is 1. The molecule has 1 aliphatic heterocycles. The van der Waals surface area contributed by atoms with E-state index in [9.17, 15) is 20.2 Å². The lowest BCUT2D eigenvalue weighted by Gasteiger charge is -2.05. The predicted octanol–water partition coefficient (Wildman–Crippen LogP) is 3.63. The Hall–Kier alpha value is -3.38. The number of carbonyl (C=O) groups is 1. The van der Waals surface area contributed by atoms with Gasteiger partial charge in [-0.3, -0.25) is 14.9 Å². The highest BCUT2D eigenvalue weighted by Gasteiger charge is 2.23. The number of nitro benzene ring substituents is 1. The van der Waals surface area contributed by atoms with Crippen molar-refractivity contribution in [1.29, 1.82) is 5.26 Å². The molecular formula is C17H10BrN3O5. The van der Waals surface area contributed by atoms with E-state index >= 15 is 0 Å². The van der Waals surface area contributed by atoms with E-state index in [1.54, 1.807) is 30.3 Å². The van der Waals surface area contributed by atoms with E-state index in [1.807, 2.05) is 0 Å². The van der Waals surface area contributed by atoms with Gasteiger partial charge in [-0.15, -0.1) is 0 Å². The Balaban J connectivity index is 1.93. The molecule has 1 heterocycles. The number of halogens is 1. The molecule has 26 heavy (non-hydrogen) atoms. The summed E-state index contributed by atoms with van der Waals surface area (Å²) in [5, 5.41) is 23.1. The van der Waals surface area contributed by atoms with Gasteiger partial charge in [0, 0.05) is 10.2 Å². The number of hydrogen-bond donors (Lipinski definition) is 1. The van der Waals surface area contributed by atoms with Crippen LogP contribution >= 0.6 is 15.9 Å². The quantitative estimate of drug-likeness (QED) is 0.352. The number of nitrogens with zero attached hydrogens (tertiary/aromatic N) is 2. The van der Waals surface area contributed by atoms with E-state index in [0.29, 0.717) is 11.4 Å². The van der Waals surface area contributed by atoms with Crippen molar-refractivity contribution in [2.24, 2.45) is 0 Å². The number of nitriles is 1. The van der Waals surface area contributed by atoms with Crippen molar-refractivity contribution in [3.63, 3.8) is 0 Å². The summed E-state index contributed by atoms with van der Waals surface area (Å²) in [6.45, 7) is -0.0468. The number of benzene rings is 2. The number of nitro groups is 1. The van der Waals surface area contributed by atoms with Gasteiger partial charge >= 0.3 is 0 Å². The van der Waals surface area contributed by atoms with Crippen LogP contribution in [-0.4, -0.2) is 17.6 Å². The zero-order valence-corrected chi connectivity index (χ0v) is 14.6. The second kappa shape index (κ2) is 7.25. The molecule has 0 atom stereocenters. The van der Waals surface area contributed by atoms with Crippen LogP contribution in [-0.2, 0) is 4.79 Å². The predicted molar refractivity (Wildman–Crippen MR) is 95.6 cm³/mol. The van der Waals surface area contributed by atoms with Crippen LogP contribution in [0.2, 0.25) is 0 Å². The smallest absolute Gasteiger partial charge is 0.280 e. The lowest BCUT2D eigenvalue weighted by Crippen LogP contribution is -2.13. The zero-order valence-electron chi connectivity index (χ0n) is 13.1. The summed E-state index contributed by atoms with van der Waals surface area (Å²) < 4.78 is 11.1. The van der Waals surface area contributed by atoms with Gasteiger partial charge < -0.3 is 14.8 Å². The van der Waals surface area contributed by atoms with E-state index in [1.165, 1.54) is 12.1 Å². The van der Waals surface area contributed by atoms with Gasteiger partial charge in [-0.2, -0.15) is 5.26 Å². The summed E-state index contributed by atoms with van der Waals surface area (Å²) in [6, 6.07) is 11.1. The van der Waals surface area contributed by atoms with Gasteiger partial charge in [0.1, 0.15) is 11.6 Å². The lowest BCUT2D eigenvalue weighted by atomic mass is 10.1. The summed E-state index contributed by atoms with van der Waals surface area (Å²) in [7, 11) is 0. The van der Waals surface area contributed by atoms with Crippen LogP contribution in [0.3, 0.4) is 0 Å². The number of nitrogens with one attached hydrogen (secondary N) is 1. The number of rotatable bonds is 4. The van der Waals surface area contributed by atoms with Crippen molar-refractivity contribution in [2.45, 2.75) is 0 Å². The number of anilines is 1. The highest BCUT2D eigenvalue weighted by molar-refractivity contribution is 9.10. The van der Waals surface area contributed by atoms with Crippen LogP contribution in [0.5, 0.6) is 11.5 Å². The number of carbonyl (C=O) groups excluding carboxylic acids is 1. The van der Waals surface area contributed by atoms with Gasteiger partial charge in [0.2, 0.25) is 6.79 Å². The van der Waals surface area contributed by atoms with Crippen molar-refractivity contribution >= 4 is 39.3 Å². The molecule has 1 N–H and O–H groups in total. The molecule has 1 aliphatic rings. The normalized spacial score (nSPS) is 12.4. The first kappa shape index (κ1) is 17.4. The maximum Gasteiger partial charge on any atom is 0.280 e. The Labute approximate surface area is 155 Å². The summed E-state index contributed by atoms with van der Waals surface area (Å²) >= 11 is 3.28. The largest absolute Gasteiger partial charge is 0.454 e. The molecular weight excluding hydrogens is 406 g/mol. The molecule has 2 aromatic rings. The minimum absolute atomic E-state index is 0.0468. The topological polar surface area (TPSA) is 114 Å². The molecule has 8 nitrogen and oxygen atoms in total. The molecule has 0 bridgehead atoms. The first-order valence-corrected chi connectivity index (χ1v) is 8.04. The molecule has 1 amide bonds. The van der Waals surface area contributed by atoms with Crippen molar-refractivity contribution < 1.29 is 19.2 Å². The van der Waals surface area contributed by atoms with Crippen LogP contribution in [0.25, 0.3) is 6.08 Å². The Bertz CT molecular complexity index is 964. The van der Waals surface area contributed by atoms with Crippen LogP contribution in [0, 0.1) is 21.4 Å². The molecule has 0 radical (unpaired) electrons. The highest BCUT2D eigenvalue weighted by atomic mass is 79.9. The van der Waals surface area contributed by atoms with Gasteiger partial charge in [0.15, 0.2) is 11.5 Å². The lowest BCUT2D eigenvalue weighted by molar-refractivity contribution is -0.385. The average molecular weight is 416 g/mol. The van der Waals surface area contributed by atoms with Gasteiger partial charge in [-0.05, 0) is 36.4 Å². The van der Waals surface area contributed by atoms with Crippen molar-refractivity contribution in [3.05, 3.63) is 62.1 Å². The molecule has 2 aromatic carbocycles. The van der Waals surface area contributed by atoms with Crippen molar-refractivity contribution in [3.8, 4) is 17.6 Å². The fourth-order valence-corrected chi connectivity index (χ4v) is 2.52. The first-order chi connectivity index (χ1) is 12.5. The maximum absolute atomic E-state index is 12.3. The number of ether oxygens (including phenoxy) is 2. The summed E-state index contributed by atoms with van der Waals surface area (Å²) in [6.07, 6.45) is 1.15. The van der Waals surface area contributed by atoms with Gasteiger partial charge in [-0.1, -0.05) is 15.9 Å². The van der Waals surface area contributed by atoms with Crippen LogP contribution < -0.4 is 14.8 Å². The van der Waals surface area contributed by atoms with Crippen molar-refractivity contribution in [2.75, 3.05) is 12.1 Å². The Kier molecular flexibility index (Phi) is 4.86. The zero-order chi connectivity index (χ0) is 18.7. The third-order valence-corrected chi connectivity index (χ3v) is 4.01. The summed E-state index contributed by atoms with van der Waals surface area (Å²) in [5.41, 5.74) is -0.0189. The van der Waals surface area contributed by atoms with E-state index in [4.69, 9.17) is 9.47 Å². The minimum Gasteiger partial charge on any atom is -0.454 e.